The molecular weight excluding hydrogens is 389 g/mol. The minimum atomic E-state index is -4.39. The number of nitrogens with zero attached hydrogens (tertiary/aromatic N) is 2. The maximum Gasteiger partial charge on any atom is 0.416 e. The van der Waals surface area contributed by atoms with Crippen LogP contribution < -0.4 is 0 Å². The van der Waals surface area contributed by atoms with Crippen molar-refractivity contribution < 1.29 is 13.2 Å². The molecule has 0 saturated carbocycles. The molecule has 0 aliphatic carbocycles. The summed E-state index contributed by atoms with van der Waals surface area (Å²) in [5.74, 6) is 0. The highest BCUT2D eigenvalue weighted by molar-refractivity contribution is 9.24. The number of pyridine rings is 2. The average molecular weight is 396 g/mol. The molecule has 0 bridgehead atoms. The molecule has 2 rings (SSSR count). The highest BCUT2D eigenvalue weighted by Gasteiger charge is 2.30. The van der Waals surface area contributed by atoms with Gasteiger partial charge in [-0.3, -0.25) is 9.97 Å². The third-order valence-corrected chi connectivity index (χ3v) is 3.44. The first kappa shape index (κ1) is 14.5. The van der Waals surface area contributed by atoms with Crippen LogP contribution in [0.4, 0.5) is 13.2 Å². The first-order valence-electron chi connectivity index (χ1n) is 5.15. The zero-order chi connectivity index (χ0) is 14.0. The average Bonchev–Trinajstić information content (AvgIpc) is 2.38. The first-order chi connectivity index (χ1) is 8.88. The Kier molecular flexibility index (Phi) is 4.25. The molecular formula is C12H7Br2F3N2. The molecule has 0 aliphatic heterocycles. The molecule has 2 aromatic rings. The Morgan fingerprint density at radius 3 is 2.11 bits per heavy atom. The molecule has 19 heavy (non-hydrogen) atoms. The lowest BCUT2D eigenvalue weighted by Gasteiger charge is -2.09. The number of rotatable bonds is 2. The Balaban J connectivity index is 2.45. The van der Waals surface area contributed by atoms with Gasteiger partial charge in [0.2, 0.25) is 0 Å². The van der Waals surface area contributed by atoms with Crippen LogP contribution in [0.5, 0.6) is 0 Å². The second-order valence-electron chi connectivity index (χ2n) is 3.70. The van der Waals surface area contributed by atoms with Gasteiger partial charge >= 0.3 is 6.18 Å². The van der Waals surface area contributed by atoms with Crippen LogP contribution in [0.1, 0.15) is 14.9 Å². The van der Waals surface area contributed by atoms with Gasteiger partial charge in [0.05, 0.1) is 20.7 Å². The van der Waals surface area contributed by atoms with E-state index in [9.17, 15) is 13.2 Å². The zero-order valence-corrected chi connectivity index (χ0v) is 12.5. The molecule has 2 heterocycles. The summed E-state index contributed by atoms with van der Waals surface area (Å²) < 4.78 is 37.8. The van der Waals surface area contributed by atoms with Gasteiger partial charge < -0.3 is 0 Å². The Morgan fingerprint density at radius 1 is 0.947 bits per heavy atom. The fraction of sp³-hybridized carbons (Fsp3) is 0.167. The van der Waals surface area contributed by atoms with Crippen LogP contribution in [-0.4, -0.2) is 9.97 Å². The van der Waals surface area contributed by atoms with E-state index in [1.165, 1.54) is 6.20 Å². The van der Waals surface area contributed by atoms with E-state index in [-0.39, 0.29) is 9.43 Å². The standard InChI is InChI=1S/C12H7Br2F3N2/c13-11(14)7-1-3-18-9(5-7)10-6-8(2-4-19-10)12(15,16)17/h1-6,11H. The normalized spacial score (nSPS) is 11.9. The first-order valence-corrected chi connectivity index (χ1v) is 6.99. The van der Waals surface area contributed by atoms with Gasteiger partial charge in [-0.1, -0.05) is 31.9 Å². The van der Waals surface area contributed by atoms with Crippen molar-refractivity contribution in [3.05, 3.63) is 47.8 Å². The lowest BCUT2D eigenvalue weighted by Crippen LogP contribution is -2.05. The monoisotopic (exact) mass is 394 g/mol. The Labute approximate surface area is 124 Å². The van der Waals surface area contributed by atoms with Gasteiger partial charge in [-0.2, -0.15) is 13.2 Å². The largest absolute Gasteiger partial charge is 0.416 e. The number of alkyl halides is 5. The SMILES string of the molecule is FC(F)(F)c1ccnc(-c2cc(C(Br)Br)ccn2)c1. The summed E-state index contributed by atoms with van der Waals surface area (Å²) in [6, 6.07) is 5.36. The number of hydrogen-bond donors (Lipinski definition) is 0. The second-order valence-corrected chi connectivity index (χ2v) is 6.76. The second kappa shape index (κ2) is 5.58. The highest BCUT2D eigenvalue weighted by atomic mass is 79.9. The molecule has 2 nitrogen and oxygen atoms in total. The van der Waals surface area contributed by atoms with Gasteiger partial charge in [-0.15, -0.1) is 0 Å². The van der Waals surface area contributed by atoms with E-state index >= 15 is 0 Å². The van der Waals surface area contributed by atoms with Gasteiger partial charge in [-0.05, 0) is 29.8 Å². The van der Waals surface area contributed by atoms with Crippen LogP contribution in [0.3, 0.4) is 0 Å². The van der Waals surface area contributed by atoms with Crippen LogP contribution in [-0.2, 0) is 6.18 Å². The molecule has 0 aliphatic rings. The van der Waals surface area contributed by atoms with Crippen LogP contribution in [0, 0.1) is 0 Å². The van der Waals surface area contributed by atoms with Gasteiger partial charge in [0.15, 0.2) is 0 Å². The van der Waals surface area contributed by atoms with E-state index in [4.69, 9.17) is 0 Å². The van der Waals surface area contributed by atoms with Crippen molar-refractivity contribution >= 4 is 31.9 Å². The van der Waals surface area contributed by atoms with E-state index < -0.39 is 11.7 Å². The number of halogens is 5. The predicted octanol–water partition coefficient (Wildman–Crippen LogP) is 4.95. The van der Waals surface area contributed by atoms with E-state index in [0.717, 1.165) is 23.9 Å². The van der Waals surface area contributed by atoms with Gasteiger partial charge in [0.25, 0.3) is 0 Å². The summed E-state index contributed by atoms with van der Waals surface area (Å²) in [5.41, 5.74) is 0.702. The quantitative estimate of drug-likeness (QED) is 0.672. The zero-order valence-electron chi connectivity index (χ0n) is 9.33. The van der Waals surface area contributed by atoms with Crippen LogP contribution in [0.15, 0.2) is 36.7 Å². The fourth-order valence-electron chi connectivity index (χ4n) is 1.47. The topological polar surface area (TPSA) is 25.8 Å². The lowest BCUT2D eigenvalue weighted by atomic mass is 10.1. The van der Waals surface area contributed by atoms with Gasteiger partial charge in [0, 0.05) is 12.4 Å². The number of aromatic nitrogens is 2. The van der Waals surface area contributed by atoms with Crippen LogP contribution in [0.2, 0.25) is 0 Å². The molecule has 2 aromatic heterocycles. The van der Waals surface area contributed by atoms with E-state index in [0.29, 0.717) is 5.69 Å². The van der Waals surface area contributed by atoms with Crippen LogP contribution >= 0.6 is 31.9 Å². The van der Waals surface area contributed by atoms with Crippen molar-refractivity contribution in [2.24, 2.45) is 0 Å². The molecule has 0 aromatic carbocycles. The van der Waals surface area contributed by atoms with Crippen molar-refractivity contribution in [2.75, 3.05) is 0 Å². The molecule has 0 N–H and O–H groups in total. The summed E-state index contributed by atoms with van der Waals surface area (Å²) in [7, 11) is 0. The molecule has 0 amide bonds. The van der Waals surface area contributed by atoms with Crippen molar-refractivity contribution in [2.45, 2.75) is 9.91 Å². The molecule has 0 saturated heterocycles. The molecule has 0 atom stereocenters. The minimum Gasteiger partial charge on any atom is -0.255 e. The molecule has 100 valence electrons. The third kappa shape index (κ3) is 3.54. The van der Waals surface area contributed by atoms with Gasteiger partial charge in [0.1, 0.15) is 0 Å². The summed E-state index contributed by atoms with van der Waals surface area (Å²) in [4.78, 5) is 7.97. The Morgan fingerprint density at radius 2 is 1.53 bits per heavy atom. The smallest absolute Gasteiger partial charge is 0.255 e. The van der Waals surface area contributed by atoms with Crippen LogP contribution in [0.25, 0.3) is 11.4 Å². The highest BCUT2D eigenvalue weighted by Crippen LogP contribution is 2.33. The van der Waals surface area contributed by atoms with Gasteiger partial charge in [-0.25, -0.2) is 0 Å². The minimum absolute atomic E-state index is 0.0902. The summed E-state index contributed by atoms with van der Waals surface area (Å²) in [5, 5.41) is 0. The van der Waals surface area contributed by atoms with Crippen molar-refractivity contribution in [3.63, 3.8) is 0 Å². The van der Waals surface area contributed by atoms with Crippen molar-refractivity contribution in [3.8, 4) is 11.4 Å². The third-order valence-electron chi connectivity index (χ3n) is 2.39. The molecule has 0 radical (unpaired) electrons. The lowest BCUT2D eigenvalue weighted by molar-refractivity contribution is -0.137. The van der Waals surface area contributed by atoms with E-state index in [2.05, 4.69) is 41.8 Å². The molecule has 0 unspecified atom stereocenters. The predicted molar refractivity (Wildman–Crippen MR) is 73.1 cm³/mol. The Bertz CT molecular complexity index is 585. The maximum absolute atomic E-state index is 12.6. The fourth-order valence-corrected chi connectivity index (χ4v) is 2.04. The summed E-state index contributed by atoms with van der Waals surface area (Å²) in [6.45, 7) is 0. The molecule has 0 fully saturated rings. The van der Waals surface area contributed by atoms with Crippen molar-refractivity contribution in [1.29, 1.82) is 0 Å². The van der Waals surface area contributed by atoms with Crippen molar-refractivity contribution in [1.82, 2.24) is 9.97 Å². The Hall–Kier alpha value is -0.950. The maximum atomic E-state index is 12.6. The summed E-state index contributed by atoms with van der Waals surface area (Å²) >= 11 is 6.65. The van der Waals surface area contributed by atoms with E-state index in [1.54, 1.807) is 12.1 Å². The molecule has 7 heteroatoms. The number of hydrogen-bond acceptors (Lipinski definition) is 2. The van der Waals surface area contributed by atoms with E-state index in [1.807, 2.05) is 0 Å². The molecule has 0 spiro atoms. The summed E-state index contributed by atoms with van der Waals surface area (Å²) in [6.07, 6.45) is -1.73.